The zero-order chi connectivity index (χ0) is 17.0. The number of hydrogen-bond acceptors (Lipinski definition) is 4. The van der Waals surface area contributed by atoms with Gasteiger partial charge in [-0.05, 0) is 51.1 Å². The summed E-state index contributed by atoms with van der Waals surface area (Å²) in [7, 11) is 3.72. The summed E-state index contributed by atoms with van der Waals surface area (Å²) in [5.74, 6) is -0.139. The number of benzene rings is 1. The van der Waals surface area contributed by atoms with Crippen LogP contribution in [0.25, 0.3) is 0 Å². The van der Waals surface area contributed by atoms with Gasteiger partial charge in [0, 0.05) is 6.54 Å². The summed E-state index contributed by atoms with van der Waals surface area (Å²) < 4.78 is 28.7. The predicted octanol–water partition coefficient (Wildman–Crippen LogP) is 1.92. The SMILES string of the molecule is CN(C)C1(C(=O)NCC(O)c2cccc(OC(F)F)c2)CCC1. The van der Waals surface area contributed by atoms with Crippen molar-refractivity contribution in [1.29, 1.82) is 0 Å². The lowest BCUT2D eigenvalue weighted by atomic mass is 9.75. The number of nitrogens with one attached hydrogen (secondary N) is 1. The van der Waals surface area contributed by atoms with E-state index in [0.29, 0.717) is 5.56 Å². The summed E-state index contributed by atoms with van der Waals surface area (Å²) in [6.07, 6.45) is 1.60. The van der Waals surface area contributed by atoms with E-state index in [2.05, 4.69) is 10.1 Å². The highest BCUT2D eigenvalue weighted by Gasteiger charge is 2.45. The number of amides is 1. The van der Waals surface area contributed by atoms with E-state index in [1.165, 1.54) is 18.2 Å². The smallest absolute Gasteiger partial charge is 0.387 e. The molecule has 0 radical (unpaired) electrons. The molecule has 1 unspecified atom stereocenters. The predicted molar refractivity (Wildman–Crippen MR) is 81.3 cm³/mol. The van der Waals surface area contributed by atoms with Gasteiger partial charge in [-0.3, -0.25) is 9.69 Å². The number of hydrogen-bond donors (Lipinski definition) is 2. The molecule has 7 heteroatoms. The zero-order valence-electron chi connectivity index (χ0n) is 13.3. The number of carbonyl (C=O) groups excluding carboxylic acids is 1. The number of ether oxygens (including phenoxy) is 1. The van der Waals surface area contributed by atoms with Crippen LogP contribution in [0.2, 0.25) is 0 Å². The molecule has 1 saturated carbocycles. The fourth-order valence-corrected chi connectivity index (χ4v) is 2.76. The zero-order valence-corrected chi connectivity index (χ0v) is 13.3. The lowest BCUT2D eigenvalue weighted by Crippen LogP contribution is -2.60. The fourth-order valence-electron chi connectivity index (χ4n) is 2.76. The van der Waals surface area contributed by atoms with E-state index in [-0.39, 0.29) is 18.2 Å². The summed E-state index contributed by atoms with van der Waals surface area (Å²) >= 11 is 0. The van der Waals surface area contributed by atoms with Crippen LogP contribution in [0.5, 0.6) is 5.75 Å². The van der Waals surface area contributed by atoms with Crippen LogP contribution in [0.3, 0.4) is 0 Å². The highest BCUT2D eigenvalue weighted by molar-refractivity contribution is 5.87. The second-order valence-corrected chi connectivity index (χ2v) is 5.96. The molecule has 0 heterocycles. The Bertz CT molecular complexity index is 548. The average Bonchev–Trinajstić information content (AvgIpc) is 2.42. The van der Waals surface area contributed by atoms with Crippen molar-refractivity contribution < 1.29 is 23.4 Å². The van der Waals surface area contributed by atoms with E-state index >= 15 is 0 Å². The molecule has 0 aliphatic heterocycles. The Morgan fingerprint density at radius 1 is 1.43 bits per heavy atom. The monoisotopic (exact) mass is 328 g/mol. The Morgan fingerprint density at radius 2 is 2.13 bits per heavy atom. The second kappa shape index (κ2) is 7.23. The van der Waals surface area contributed by atoms with Crippen LogP contribution in [0.4, 0.5) is 8.78 Å². The van der Waals surface area contributed by atoms with Gasteiger partial charge in [-0.25, -0.2) is 0 Å². The summed E-state index contributed by atoms with van der Waals surface area (Å²) in [4.78, 5) is 14.2. The van der Waals surface area contributed by atoms with Crippen molar-refractivity contribution in [3.8, 4) is 5.75 Å². The first-order chi connectivity index (χ1) is 10.8. The van der Waals surface area contributed by atoms with Crippen molar-refractivity contribution in [1.82, 2.24) is 10.2 Å². The van der Waals surface area contributed by atoms with Gasteiger partial charge in [0.15, 0.2) is 0 Å². The Labute approximate surface area is 134 Å². The maximum absolute atomic E-state index is 12.3. The molecular weight excluding hydrogens is 306 g/mol. The molecule has 1 atom stereocenters. The van der Waals surface area contributed by atoms with E-state index in [0.717, 1.165) is 19.3 Å². The highest BCUT2D eigenvalue weighted by Crippen LogP contribution is 2.36. The summed E-state index contributed by atoms with van der Waals surface area (Å²) in [6, 6.07) is 5.84. The number of rotatable bonds is 7. The van der Waals surface area contributed by atoms with Gasteiger partial charge in [-0.15, -0.1) is 0 Å². The molecule has 1 aromatic rings. The van der Waals surface area contributed by atoms with Crippen LogP contribution in [-0.2, 0) is 4.79 Å². The largest absolute Gasteiger partial charge is 0.435 e. The lowest BCUT2D eigenvalue weighted by Gasteiger charge is -2.45. The third-order valence-corrected chi connectivity index (χ3v) is 4.38. The normalized spacial score (nSPS) is 17.7. The Morgan fingerprint density at radius 3 is 2.65 bits per heavy atom. The maximum Gasteiger partial charge on any atom is 0.387 e. The number of aliphatic hydroxyl groups is 1. The van der Waals surface area contributed by atoms with E-state index in [9.17, 15) is 18.7 Å². The molecule has 0 aromatic heterocycles. The van der Waals surface area contributed by atoms with Gasteiger partial charge < -0.3 is 15.2 Å². The summed E-state index contributed by atoms with van der Waals surface area (Å²) in [5.41, 5.74) is -0.0867. The number of aliphatic hydroxyl groups excluding tert-OH is 1. The van der Waals surface area contributed by atoms with Gasteiger partial charge in [0.2, 0.25) is 5.91 Å². The van der Waals surface area contributed by atoms with Crippen LogP contribution in [0.15, 0.2) is 24.3 Å². The number of alkyl halides is 2. The van der Waals surface area contributed by atoms with Crippen molar-refractivity contribution in [2.45, 2.75) is 37.5 Å². The Kier molecular flexibility index (Phi) is 5.54. The quantitative estimate of drug-likeness (QED) is 0.803. The minimum Gasteiger partial charge on any atom is -0.435 e. The molecule has 0 bridgehead atoms. The minimum absolute atomic E-state index is 0.0204. The van der Waals surface area contributed by atoms with E-state index in [4.69, 9.17) is 0 Å². The van der Waals surface area contributed by atoms with Gasteiger partial charge in [-0.2, -0.15) is 8.78 Å². The highest BCUT2D eigenvalue weighted by atomic mass is 19.3. The van der Waals surface area contributed by atoms with Crippen LogP contribution < -0.4 is 10.1 Å². The van der Waals surface area contributed by atoms with Gasteiger partial charge in [0.05, 0.1) is 11.6 Å². The molecule has 0 spiro atoms. The molecule has 5 nitrogen and oxygen atoms in total. The minimum atomic E-state index is -2.92. The molecule has 1 fully saturated rings. The first-order valence-corrected chi connectivity index (χ1v) is 7.54. The topological polar surface area (TPSA) is 61.8 Å². The third-order valence-electron chi connectivity index (χ3n) is 4.38. The van der Waals surface area contributed by atoms with Crippen molar-refractivity contribution in [3.05, 3.63) is 29.8 Å². The molecule has 1 aromatic carbocycles. The second-order valence-electron chi connectivity index (χ2n) is 5.96. The number of halogens is 2. The molecule has 1 amide bonds. The molecule has 2 N–H and O–H groups in total. The van der Waals surface area contributed by atoms with Crippen LogP contribution in [0.1, 0.15) is 30.9 Å². The van der Waals surface area contributed by atoms with Gasteiger partial charge >= 0.3 is 6.61 Å². The lowest BCUT2D eigenvalue weighted by molar-refractivity contribution is -0.137. The molecular formula is C16H22F2N2O3. The molecule has 0 saturated heterocycles. The molecule has 1 aliphatic carbocycles. The van der Waals surface area contributed by atoms with Crippen LogP contribution in [0, 0.1) is 0 Å². The number of nitrogens with zero attached hydrogens (tertiary/aromatic N) is 1. The molecule has 128 valence electrons. The standard InChI is InChI=1S/C16H22F2N2O3/c1-20(2)16(7-4-8-16)14(22)19-10-13(21)11-5-3-6-12(9-11)23-15(17)18/h3,5-6,9,13,15,21H,4,7-8,10H2,1-2H3,(H,19,22). The van der Waals surface area contributed by atoms with E-state index in [1.807, 2.05) is 19.0 Å². The van der Waals surface area contributed by atoms with Crippen LogP contribution >= 0.6 is 0 Å². The average molecular weight is 328 g/mol. The summed E-state index contributed by atoms with van der Waals surface area (Å²) in [6.45, 7) is -2.90. The van der Waals surface area contributed by atoms with Gasteiger partial charge in [0.25, 0.3) is 0 Å². The van der Waals surface area contributed by atoms with E-state index in [1.54, 1.807) is 6.07 Å². The summed E-state index contributed by atoms with van der Waals surface area (Å²) in [5, 5.41) is 12.9. The van der Waals surface area contributed by atoms with E-state index < -0.39 is 18.3 Å². The van der Waals surface area contributed by atoms with Gasteiger partial charge in [0.1, 0.15) is 5.75 Å². The van der Waals surface area contributed by atoms with Crippen LogP contribution in [-0.4, -0.2) is 48.7 Å². The van der Waals surface area contributed by atoms with Crippen molar-refractivity contribution in [2.24, 2.45) is 0 Å². The van der Waals surface area contributed by atoms with Gasteiger partial charge in [-0.1, -0.05) is 12.1 Å². The Balaban J connectivity index is 1.94. The first kappa shape index (κ1) is 17.6. The number of carbonyl (C=O) groups is 1. The fraction of sp³-hybridized carbons (Fsp3) is 0.562. The van der Waals surface area contributed by atoms with Crippen molar-refractivity contribution in [3.63, 3.8) is 0 Å². The molecule has 2 rings (SSSR count). The third kappa shape index (κ3) is 3.97. The number of likely N-dealkylation sites (N-methyl/N-ethyl adjacent to an activating group) is 1. The first-order valence-electron chi connectivity index (χ1n) is 7.54. The maximum atomic E-state index is 12.3. The molecule has 1 aliphatic rings. The Hall–Kier alpha value is -1.73. The van der Waals surface area contributed by atoms with Crippen molar-refractivity contribution in [2.75, 3.05) is 20.6 Å². The van der Waals surface area contributed by atoms with Crippen molar-refractivity contribution >= 4 is 5.91 Å². The molecule has 23 heavy (non-hydrogen) atoms.